The number of benzene rings is 1. The average molecular weight is 330 g/mol. The maximum Gasteiger partial charge on any atom is 0.356 e. The van der Waals surface area contributed by atoms with E-state index in [2.05, 4.69) is 5.16 Å². The molecule has 0 radical (unpaired) electrons. The lowest BCUT2D eigenvalue weighted by molar-refractivity contribution is -0.135. The molecule has 1 aliphatic rings. The number of hydrogen-bond acceptors (Lipinski definition) is 4. The van der Waals surface area contributed by atoms with Gasteiger partial charge in [0, 0.05) is 16.5 Å². The molecule has 4 nitrogen and oxygen atoms in total. The largest absolute Gasteiger partial charge is 0.461 e. The van der Waals surface area contributed by atoms with Crippen molar-refractivity contribution in [1.29, 1.82) is 0 Å². The van der Waals surface area contributed by atoms with Gasteiger partial charge in [0.2, 0.25) is 0 Å². The van der Waals surface area contributed by atoms with E-state index in [-0.39, 0.29) is 12.0 Å². The number of rotatable bonds is 5. The third-order valence-electron chi connectivity index (χ3n) is 3.45. The number of carbonyl (C=O) groups excluding carboxylic acids is 1. The fourth-order valence-corrected chi connectivity index (χ4v) is 2.86. The van der Waals surface area contributed by atoms with E-state index in [1.165, 1.54) is 0 Å². The zero-order chi connectivity index (χ0) is 15.4. The molecule has 1 aromatic rings. The van der Waals surface area contributed by atoms with Crippen molar-refractivity contribution in [2.75, 3.05) is 6.61 Å². The van der Waals surface area contributed by atoms with Gasteiger partial charge in [-0.3, -0.25) is 0 Å². The summed E-state index contributed by atoms with van der Waals surface area (Å²) in [7, 11) is 0. The van der Waals surface area contributed by atoms with E-state index in [0.29, 0.717) is 28.8 Å². The summed E-state index contributed by atoms with van der Waals surface area (Å²) < 4.78 is 5.00. The van der Waals surface area contributed by atoms with E-state index in [1.54, 1.807) is 19.1 Å². The number of ether oxygens (including phenoxy) is 1. The van der Waals surface area contributed by atoms with Gasteiger partial charge in [-0.1, -0.05) is 41.3 Å². The van der Waals surface area contributed by atoms with Crippen molar-refractivity contribution >= 4 is 34.9 Å². The Kier molecular flexibility index (Phi) is 5.48. The minimum absolute atomic E-state index is 0.0872. The standard InChI is InChI=1S/C15H17Cl2NO3/c1-3-11-13(21-18-14(11)15(19)20-4-2)7-9-5-6-10(16)8-12(9)17/h5-6,8,11,13H,3-4,7H2,1-2H3. The SMILES string of the molecule is CCOC(=O)C1=NOC(Cc2ccc(Cl)cc2Cl)C1CC. The van der Waals surface area contributed by atoms with E-state index >= 15 is 0 Å². The Balaban J connectivity index is 2.10. The Hall–Kier alpha value is -1.26. The first-order valence-corrected chi connectivity index (χ1v) is 7.67. The van der Waals surface area contributed by atoms with Gasteiger partial charge < -0.3 is 9.57 Å². The van der Waals surface area contributed by atoms with Crippen LogP contribution in [-0.4, -0.2) is 24.4 Å². The molecule has 2 unspecified atom stereocenters. The van der Waals surface area contributed by atoms with Crippen molar-refractivity contribution < 1.29 is 14.4 Å². The first-order chi connectivity index (χ1) is 10.1. The molecule has 0 amide bonds. The van der Waals surface area contributed by atoms with Gasteiger partial charge in [-0.2, -0.15) is 0 Å². The first-order valence-electron chi connectivity index (χ1n) is 6.91. The van der Waals surface area contributed by atoms with Crippen molar-refractivity contribution in [1.82, 2.24) is 0 Å². The monoisotopic (exact) mass is 329 g/mol. The molecule has 0 aromatic heterocycles. The van der Waals surface area contributed by atoms with Gasteiger partial charge in [-0.15, -0.1) is 0 Å². The van der Waals surface area contributed by atoms with E-state index in [0.717, 1.165) is 12.0 Å². The Morgan fingerprint density at radius 2 is 2.14 bits per heavy atom. The Morgan fingerprint density at radius 1 is 1.38 bits per heavy atom. The van der Waals surface area contributed by atoms with Crippen LogP contribution in [0.5, 0.6) is 0 Å². The third-order valence-corrected chi connectivity index (χ3v) is 4.03. The highest BCUT2D eigenvalue weighted by Gasteiger charge is 2.37. The van der Waals surface area contributed by atoms with Gasteiger partial charge in [0.25, 0.3) is 0 Å². The molecule has 21 heavy (non-hydrogen) atoms. The highest BCUT2D eigenvalue weighted by Crippen LogP contribution is 2.29. The molecule has 114 valence electrons. The van der Waals surface area contributed by atoms with Crippen molar-refractivity contribution in [3.8, 4) is 0 Å². The number of carbonyl (C=O) groups is 1. The molecular weight excluding hydrogens is 313 g/mol. The number of hydrogen-bond donors (Lipinski definition) is 0. The van der Waals surface area contributed by atoms with Crippen LogP contribution in [0.2, 0.25) is 10.0 Å². The minimum atomic E-state index is -0.408. The molecule has 2 rings (SSSR count). The lowest BCUT2D eigenvalue weighted by Crippen LogP contribution is -2.30. The smallest absolute Gasteiger partial charge is 0.356 e. The summed E-state index contributed by atoms with van der Waals surface area (Å²) in [5.41, 5.74) is 1.28. The second-order valence-corrected chi connectivity index (χ2v) is 5.64. The summed E-state index contributed by atoms with van der Waals surface area (Å²) in [6.07, 6.45) is 1.10. The summed E-state index contributed by atoms with van der Waals surface area (Å²) >= 11 is 12.1. The molecule has 0 bridgehead atoms. The number of nitrogens with zero attached hydrogens (tertiary/aromatic N) is 1. The quantitative estimate of drug-likeness (QED) is 0.770. The number of halogens is 2. The molecule has 2 atom stereocenters. The molecule has 0 saturated heterocycles. The highest BCUT2D eigenvalue weighted by molar-refractivity contribution is 6.37. The summed E-state index contributed by atoms with van der Waals surface area (Å²) in [5.74, 6) is -0.496. The van der Waals surface area contributed by atoms with E-state index in [4.69, 9.17) is 32.8 Å². The van der Waals surface area contributed by atoms with Gasteiger partial charge in [0.1, 0.15) is 6.10 Å². The van der Waals surface area contributed by atoms with Crippen LogP contribution in [0.4, 0.5) is 0 Å². The predicted octanol–water partition coefficient (Wildman–Crippen LogP) is 3.88. The molecule has 1 aliphatic heterocycles. The van der Waals surface area contributed by atoms with Crippen LogP contribution in [0.25, 0.3) is 0 Å². The summed E-state index contributed by atoms with van der Waals surface area (Å²) in [6, 6.07) is 5.34. The predicted molar refractivity (Wildman–Crippen MR) is 82.9 cm³/mol. The van der Waals surface area contributed by atoms with Gasteiger partial charge in [-0.05, 0) is 31.0 Å². The van der Waals surface area contributed by atoms with Gasteiger partial charge >= 0.3 is 5.97 Å². The number of esters is 1. The van der Waals surface area contributed by atoms with E-state index in [1.807, 2.05) is 13.0 Å². The van der Waals surface area contributed by atoms with Crippen LogP contribution in [0.15, 0.2) is 23.4 Å². The van der Waals surface area contributed by atoms with Crippen molar-refractivity contribution in [2.24, 2.45) is 11.1 Å². The van der Waals surface area contributed by atoms with Crippen LogP contribution in [0.3, 0.4) is 0 Å². The van der Waals surface area contributed by atoms with Crippen molar-refractivity contribution in [2.45, 2.75) is 32.8 Å². The summed E-state index contributed by atoms with van der Waals surface area (Å²) in [5, 5.41) is 5.08. The minimum Gasteiger partial charge on any atom is -0.461 e. The van der Waals surface area contributed by atoms with Crippen LogP contribution in [0.1, 0.15) is 25.8 Å². The first kappa shape index (κ1) is 16.1. The average Bonchev–Trinajstić information content (AvgIpc) is 2.85. The van der Waals surface area contributed by atoms with Crippen LogP contribution in [0, 0.1) is 5.92 Å². The van der Waals surface area contributed by atoms with E-state index < -0.39 is 5.97 Å². The fourth-order valence-electron chi connectivity index (χ4n) is 2.38. The van der Waals surface area contributed by atoms with Crippen molar-refractivity contribution in [3.05, 3.63) is 33.8 Å². The van der Waals surface area contributed by atoms with Crippen LogP contribution >= 0.6 is 23.2 Å². The molecule has 1 aromatic carbocycles. The topological polar surface area (TPSA) is 47.9 Å². The molecule has 1 heterocycles. The summed E-state index contributed by atoms with van der Waals surface area (Å²) in [6.45, 7) is 4.08. The molecular formula is C15H17Cl2NO3. The second kappa shape index (κ2) is 7.14. The molecule has 6 heteroatoms. The van der Waals surface area contributed by atoms with Gasteiger partial charge in [0.05, 0.1) is 12.5 Å². The van der Waals surface area contributed by atoms with Gasteiger partial charge in [-0.25, -0.2) is 4.79 Å². The Morgan fingerprint density at radius 3 is 2.76 bits per heavy atom. The third kappa shape index (κ3) is 3.69. The van der Waals surface area contributed by atoms with Crippen molar-refractivity contribution in [3.63, 3.8) is 0 Å². The molecule has 0 aliphatic carbocycles. The van der Waals surface area contributed by atoms with Crippen LogP contribution < -0.4 is 0 Å². The highest BCUT2D eigenvalue weighted by atomic mass is 35.5. The fraction of sp³-hybridized carbons (Fsp3) is 0.467. The van der Waals surface area contributed by atoms with Crippen LogP contribution in [-0.2, 0) is 20.8 Å². The Labute approximate surface area is 134 Å². The Bertz CT molecular complexity index is 560. The maximum atomic E-state index is 11.8. The maximum absolute atomic E-state index is 11.8. The molecule has 0 spiro atoms. The lowest BCUT2D eigenvalue weighted by atomic mass is 9.90. The normalized spacial score (nSPS) is 20.9. The number of oxime groups is 1. The summed E-state index contributed by atoms with van der Waals surface area (Å²) in [4.78, 5) is 17.3. The molecule has 0 fully saturated rings. The molecule has 0 N–H and O–H groups in total. The zero-order valence-electron chi connectivity index (χ0n) is 11.9. The van der Waals surface area contributed by atoms with E-state index in [9.17, 15) is 4.79 Å². The van der Waals surface area contributed by atoms with Gasteiger partial charge in [0.15, 0.2) is 5.71 Å². The second-order valence-electron chi connectivity index (χ2n) is 4.80. The lowest BCUT2D eigenvalue weighted by Gasteiger charge is -2.17. The molecule has 0 saturated carbocycles. The zero-order valence-corrected chi connectivity index (χ0v) is 13.4.